The molecule has 1 aliphatic heterocycles. The van der Waals surface area contributed by atoms with Crippen molar-refractivity contribution in [2.75, 3.05) is 13.2 Å². The van der Waals surface area contributed by atoms with Gasteiger partial charge in [-0.25, -0.2) is 0 Å². The second kappa shape index (κ2) is 45.2. The molecule has 1 aliphatic rings. The predicted octanol–water partition coefficient (Wildman–Crippen LogP) is 12.8. The lowest BCUT2D eigenvalue weighted by atomic mass is 9.99. The van der Waals surface area contributed by atoms with Crippen molar-refractivity contribution in [3.8, 4) is 0 Å². The van der Waals surface area contributed by atoms with Crippen LogP contribution < -0.4 is 5.32 Å². The summed E-state index contributed by atoms with van der Waals surface area (Å²) in [5.74, 6) is -0.187. The van der Waals surface area contributed by atoms with Gasteiger partial charge in [-0.3, -0.25) is 4.79 Å². The summed E-state index contributed by atoms with van der Waals surface area (Å²) in [6, 6.07) is -0.825. The van der Waals surface area contributed by atoms with Crippen LogP contribution in [0.1, 0.15) is 251 Å². The molecule has 0 saturated carbocycles. The maximum Gasteiger partial charge on any atom is 0.220 e. The third-order valence-electron chi connectivity index (χ3n) is 12.9. The number of nitrogens with one attached hydrogen (secondary N) is 1. The van der Waals surface area contributed by atoms with Crippen LogP contribution in [0.25, 0.3) is 0 Å². The van der Waals surface area contributed by atoms with Gasteiger partial charge in [0.1, 0.15) is 24.4 Å². The summed E-state index contributed by atoms with van der Waals surface area (Å²) >= 11 is 0. The summed E-state index contributed by atoms with van der Waals surface area (Å²) in [5, 5.41) is 54.4. The van der Waals surface area contributed by atoms with Crippen LogP contribution in [0.2, 0.25) is 0 Å². The molecule has 1 amide bonds. The third kappa shape index (κ3) is 34.7. The first-order valence-electron chi connectivity index (χ1n) is 27.2. The lowest BCUT2D eigenvalue weighted by molar-refractivity contribution is -0.302. The first-order valence-corrected chi connectivity index (χ1v) is 27.2. The van der Waals surface area contributed by atoms with Gasteiger partial charge in [0.25, 0.3) is 0 Å². The highest BCUT2D eigenvalue weighted by atomic mass is 16.7. The predicted molar refractivity (Wildman–Crippen MR) is 267 cm³/mol. The summed E-state index contributed by atoms with van der Waals surface area (Å²) < 4.78 is 11.2. The molecule has 7 unspecified atom stereocenters. The van der Waals surface area contributed by atoms with E-state index in [-0.39, 0.29) is 12.5 Å². The number of aliphatic hydroxyl groups is 5. The lowest BCUT2D eigenvalue weighted by Gasteiger charge is -2.40. The molecule has 0 aromatic rings. The number of rotatable bonds is 46. The minimum Gasteiger partial charge on any atom is -0.394 e. The van der Waals surface area contributed by atoms with Crippen molar-refractivity contribution >= 4 is 5.91 Å². The second-order valence-electron chi connectivity index (χ2n) is 19.0. The normalized spacial score (nSPS) is 20.3. The van der Waals surface area contributed by atoms with Gasteiger partial charge in [-0.05, 0) is 44.9 Å². The number of carbonyl (C=O) groups is 1. The van der Waals surface area contributed by atoms with Crippen molar-refractivity contribution in [3.05, 3.63) is 36.5 Å². The standard InChI is InChI=1S/C55H103NO8/c1-3-5-7-9-11-13-15-17-19-21-22-23-24-25-26-27-29-31-33-35-37-39-41-43-45-51(59)56-48(47-63-55-54(62)53(61)52(60)50(46-57)64-55)49(58)44-42-40-38-36-34-32-30-28-20-18-16-14-12-10-8-6-4-2/h20,28,34,36,42,44,48-50,52-55,57-58,60-62H,3-19,21-27,29-33,35,37-41,43,45-47H2,1-2H3,(H,56,59)/b28-20+,36-34+,44-42+. The molecule has 9 nitrogen and oxygen atoms in total. The molecule has 1 saturated heterocycles. The van der Waals surface area contributed by atoms with Crippen LogP contribution in [0.5, 0.6) is 0 Å². The van der Waals surface area contributed by atoms with E-state index in [4.69, 9.17) is 9.47 Å². The molecule has 0 aliphatic carbocycles. The van der Waals surface area contributed by atoms with Gasteiger partial charge in [-0.15, -0.1) is 0 Å². The van der Waals surface area contributed by atoms with Crippen molar-refractivity contribution in [2.45, 2.75) is 294 Å². The number of aliphatic hydroxyl groups excluding tert-OH is 5. The number of unbranched alkanes of at least 4 members (excludes halogenated alkanes) is 32. The van der Waals surface area contributed by atoms with Gasteiger partial charge >= 0.3 is 0 Å². The average Bonchev–Trinajstić information content (AvgIpc) is 3.29. The fraction of sp³-hybridized carbons (Fsp3) is 0.873. The van der Waals surface area contributed by atoms with Crippen LogP contribution in [-0.2, 0) is 14.3 Å². The maximum absolute atomic E-state index is 13.0. The van der Waals surface area contributed by atoms with Gasteiger partial charge in [-0.1, -0.05) is 237 Å². The van der Waals surface area contributed by atoms with E-state index in [0.29, 0.717) is 6.42 Å². The van der Waals surface area contributed by atoms with Crippen molar-refractivity contribution in [3.63, 3.8) is 0 Å². The molecule has 0 bridgehead atoms. The van der Waals surface area contributed by atoms with Gasteiger partial charge in [0.05, 0.1) is 25.4 Å². The molecular weight excluding hydrogens is 803 g/mol. The summed E-state index contributed by atoms with van der Waals surface area (Å²) in [6.07, 6.45) is 50.6. The maximum atomic E-state index is 13.0. The highest BCUT2D eigenvalue weighted by molar-refractivity contribution is 5.76. The zero-order valence-corrected chi connectivity index (χ0v) is 41.5. The van der Waals surface area contributed by atoms with Crippen LogP contribution >= 0.6 is 0 Å². The SMILES string of the molecule is CCCCCCCCC/C=C/CC/C=C/CC/C=C/C(O)C(COC1OC(CO)C(O)C(O)C1O)NC(=O)CCCCCCCCCCCCCCCCCCCCCCCCCC. The Morgan fingerprint density at radius 1 is 0.516 bits per heavy atom. The van der Waals surface area contributed by atoms with Crippen molar-refractivity contribution in [1.82, 2.24) is 5.32 Å². The van der Waals surface area contributed by atoms with E-state index in [9.17, 15) is 30.3 Å². The molecule has 0 aromatic carbocycles. The van der Waals surface area contributed by atoms with Gasteiger partial charge in [0.15, 0.2) is 6.29 Å². The summed E-state index contributed by atoms with van der Waals surface area (Å²) in [6.45, 7) is 3.77. The quantitative estimate of drug-likeness (QED) is 0.0261. The third-order valence-corrected chi connectivity index (χ3v) is 12.9. The minimum atomic E-state index is -1.57. The Labute approximate surface area is 393 Å². The van der Waals surface area contributed by atoms with Crippen molar-refractivity contribution in [2.24, 2.45) is 0 Å². The van der Waals surface area contributed by atoms with Crippen LogP contribution in [-0.4, -0.2) is 87.5 Å². The van der Waals surface area contributed by atoms with E-state index in [1.165, 1.54) is 186 Å². The Kier molecular flexibility index (Phi) is 42.7. The van der Waals surface area contributed by atoms with E-state index < -0.39 is 49.5 Å². The molecule has 64 heavy (non-hydrogen) atoms. The van der Waals surface area contributed by atoms with Crippen LogP contribution in [0, 0.1) is 0 Å². The van der Waals surface area contributed by atoms with E-state index in [2.05, 4.69) is 43.5 Å². The van der Waals surface area contributed by atoms with E-state index >= 15 is 0 Å². The monoisotopic (exact) mass is 906 g/mol. The number of hydrogen-bond acceptors (Lipinski definition) is 8. The highest BCUT2D eigenvalue weighted by Gasteiger charge is 2.44. The Bertz CT molecular complexity index is 1100. The molecule has 1 heterocycles. The zero-order chi connectivity index (χ0) is 46.6. The molecule has 0 spiro atoms. The minimum absolute atomic E-state index is 0.187. The van der Waals surface area contributed by atoms with Crippen molar-refractivity contribution < 1.29 is 39.8 Å². The van der Waals surface area contributed by atoms with E-state index in [1.807, 2.05) is 6.08 Å². The zero-order valence-electron chi connectivity index (χ0n) is 41.5. The topological polar surface area (TPSA) is 149 Å². The summed E-state index contributed by atoms with van der Waals surface area (Å²) in [4.78, 5) is 13.0. The van der Waals surface area contributed by atoms with Crippen LogP contribution in [0.15, 0.2) is 36.5 Å². The Hall–Kier alpha value is -1.59. The molecule has 9 heteroatoms. The van der Waals surface area contributed by atoms with Gasteiger partial charge in [0, 0.05) is 6.42 Å². The number of amides is 1. The van der Waals surface area contributed by atoms with Crippen LogP contribution in [0.4, 0.5) is 0 Å². The van der Waals surface area contributed by atoms with Crippen LogP contribution in [0.3, 0.4) is 0 Å². The smallest absolute Gasteiger partial charge is 0.220 e. The molecular formula is C55H103NO8. The highest BCUT2D eigenvalue weighted by Crippen LogP contribution is 2.23. The van der Waals surface area contributed by atoms with Gasteiger partial charge < -0.3 is 40.3 Å². The fourth-order valence-electron chi connectivity index (χ4n) is 8.60. The lowest BCUT2D eigenvalue weighted by Crippen LogP contribution is -2.60. The second-order valence-corrected chi connectivity index (χ2v) is 19.0. The van der Waals surface area contributed by atoms with E-state index in [0.717, 1.165) is 44.9 Å². The number of ether oxygens (including phenoxy) is 2. The molecule has 376 valence electrons. The molecule has 0 radical (unpaired) electrons. The molecule has 0 aromatic heterocycles. The fourth-order valence-corrected chi connectivity index (χ4v) is 8.60. The van der Waals surface area contributed by atoms with Gasteiger partial charge in [0.2, 0.25) is 5.91 Å². The first-order chi connectivity index (χ1) is 31.3. The summed E-state index contributed by atoms with van der Waals surface area (Å²) in [5.41, 5.74) is 0. The molecule has 6 N–H and O–H groups in total. The largest absolute Gasteiger partial charge is 0.394 e. The Balaban J connectivity index is 2.26. The Morgan fingerprint density at radius 2 is 0.891 bits per heavy atom. The molecule has 7 atom stereocenters. The van der Waals surface area contributed by atoms with Crippen molar-refractivity contribution in [1.29, 1.82) is 0 Å². The number of allylic oxidation sites excluding steroid dienone is 5. The van der Waals surface area contributed by atoms with E-state index in [1.54, 1.807) is 6.08 Å². The molecule has 1 fully saturated rings. The van der Waals surface area contributed by atoms with Gasteiger partial charge in [-0.2, -0.15) is 0 Å². The number of hydrogen-bond donors (Lipinski definition) is 6. The average molecular weight is 906 g/mol. The number of carbonyl (C=O) groups excluding carboxylic acids is 1. The first kappa shape index (κ1) is 60.4. The summed E-state index contributed by atoms with van der Waals surface area (Å²) in [7, 11) is 0. The Morgan fingerprint density at radius 3 is 1.31 bits per heavy atom. The molecule has 1 rings (SSSR count).